The maximum Gasteiger partial charge on any atom is 0.140 e. The van der Waals surface area contributed by atoms with Gasteiger partial charge in [0.05, 0.1) is 25.5 Å². The van der Waals surface area contributed by atoms with Gasteiger partial charge in [-0.05, 0) is 24.3 Å². The van der Waals surface area contributed by atoms with E-state index in [0.29, 0.717) is 12.4 Å². The number of pyridine rings is 1. The second-order valence-electron chi connectivity index (χ2n) is 5.84. The Morgan fingerprint density at radius 2 is 2.00 bits per heavy atom. The van der Waals surface area contributed by atoms with Crippen LogP contribution in [0.1, 0.15) is 5.56 Å². The van der Waals surface area contributed by atoms with Crippen molar-refractivity contribution in [2.45, 2.75) is 6.54 Å². The van der Waals surface area contributed by atoms with Crippen LogP contribution in [0.2, 0.25) is 0 Å². The number of nitrogen functional groups attached to an aromatic ring is 1. The van der Waals surface area contributed by atoms with Gasteiger partial charge in [-0.15, -0.1) is 12.4 Å². The molecule has 0 aliphatic rings. The molecule has 0 radical (unpaired) electrons. The monoisotopic (exact) mass is 382 g/mol. The highest BCUT2D eigenvalue weighted by Gasteiger charge is 2.09. The quantitative estimate of drug-likeness (QED) is 0.573. The zero-order chi connectivity index (χ0) is 17.9. The molecule has 8 heteroatoms. The highest BCUT2D eigenvalue weighted by molar-refractivity contribution is 5.85. The molecule has 7 nitrogen and oxygen atoms in total. The summed E-state index contributed by atoms with van der Waals surface area (Å²) in [6, 6.07) is 11.5. The van der Waals surface area contributed by atoms with E-state index in [9.17, 15) is 0 Å². The lowest BCUT2D eigenvalue weighted by atomic mass is 10.2. The molecule has 3 aromatic heterocycles. The van der Waals surface area contributed by atoms with E-state index in [1.165, 1.54) is 0 Å². The molecule has 4 rings (SSSR count). The Morgan fingerprint density at radius 1 is 1.11 bits per heavy atom. The Morgan fingerprint density at radius 3 is 2.81 bits per heavy atom. The van der Waals surface area contributed by atoms with Crippen LogP contribution in [0.3, 0.4) is 0 Å². The number of methoxy groups -OCH3 is 1. The van der Waals surface area contributed by atoms with Crippen molar-refractivity contribution in [1.29, 1.82) is 0 Å². The molecular weight excluding hydrogens is 364 g/mol. The predicted molar refractivity (Wildman–Crippen MR) is 106 cm³/mol. The topological polar surface area (TPSA) is 83.8 Å². The summed E-state index contributed by atoms with van der Waals surface area (Å²) in [5.41, 5.74) is 8.73. The molecule has 0 saturated carbocycles. The summed E-state index contributed by atoms with van der Waals surface area (Å²) in [6.45, 7) is 0.654. The van der Waals surface area contributed by atoms with Gasteiger partial charge in [0.25, 0.3) is 0 Å². The van der Waals surface area contributed by atoms with Crippen molar-refractivity contribution in [3.05, 3.63) is 72.9 Å². The number of ether oxygens (including phenoxy) is 1. The fraction of sp³-hybridized carbons (Fsp3) is 0.105. The van der Waals surface area contributed by atoms with Crippen molar-refractivity contribution in [3.63, 3.8) is 0 Å². The molecule has 4 aromatic rings. The van der Waals surface area contributed by atoms with Gasteiger partial charge in [-0.3, -0.25) is 0 Å². The Kier molecular flexibility index (Phi) is 5.42. The number of nitrogens with zero attached hydrogens (tertiary/aromatic N) is 5. The molecule has 1 aromatic carbocycles. The minimum atomic E-state index is 0. The number of anilines is 1. The van der Waals surface area contributed by atoms with Crippen LogP contribution in [0.25, 0.3) is 17.1 Å². The van der Waals surface area contributed by atoms with Crippen molar-refractivity contribution >= 4 is 18.2 Å². The summed E-state index contributed by atoms with van der Waals surface area (Å²) >= 11 is 0. The first-order valence-corrected chi connectivity index (χ1v) is 8.14. The standard InChI is InChI=1S/C19H18N6O.ClH/c1-26-17-4-2-3-16(10-17)25-13-14(11-23-25)12-24-8-7-22-19(24)15-5-6-21-18(20)9-15;/h2-11,13H,12H2,1H3,(H2,20,21);1H. The Balaban J connectivity index is 0.00000210. The third-order valence-electron chi connectivity index (χ3n) is 4.06. The van der Waals surface area contributed by atoms with Gasteiger partial charge in [-0.2, -0.15) is 5.10 Å². The molecule has 0 bridgehead atoms. The molecule has 2 N–H and O–H groups in total. The fourth-order valence-electron chi connectivity index (χ4n) is 2.82. The van der Waals surface area contributed by atoms with Gasteiger partial charge in [0, 0.05) is 42.0 Å². The molecule has 0 saturated heterocycles. The van der Waals surface area contributed by atoms with Gasteiger partial charge in [0.1, 0.15) is 17.4 Å². The van der Waals surface area contributed by atoms with E-state index in [-0.39, 0.29) is 12.4 Å². The van der Waals surface area contributed by atoms with Crippen molar-refractivity contribution < 1.29 is 4.74 Å². The van der Waals surface area contributed by atoms with E-state index in [4.69, 9.17) is 10.5 Å². The van der Waals surface area contributed by atoms with Crippen LogP contribution in [-0.2, 0) is 6.54 Å². The van der Waals surface area contributed by atoms with Crippen molar-refractivity contribution in [1.82, 2.24) is 24.3 Å². The van der Waals surface area contributed by atoms with Crippen LogP contribution < -0.4 is 10.5 Å². The molecule has 27 heavy (non-hydrogen) atoms. The van der Waals surface area contributed by atoms with Crippen LogP contribution in [0.5, 0.6) is 5.75 Å². The van der Waals surface area contributed by atoms with Crippen LogP contribution in [0.15, 0.2) is 67.4 Å². The first-order valence-electron chi connectivity index (χ1n) is 8.14. The number of nitrogens with two attached hydrogens (primary N) is 1. The van der Waals surface area contributed by atoms with Crippen molar-refractivity contribution in [3.8, 4) is 22.8 Å². The minimum Gasteiger partial charge on any atom is -0.497 e. The van der Waals surface area contributed by atoms with Crippen molar-refractivity contribution in [2.24, 2.45) is 0 Å². The summed E-state index contributed by atoms with van der Waals surface area (Å²) in [5, 5.41) is 4.46. The normalized spacial score (nSPS) is 10.4. The van der Waals surface area contributed by atoms with E-state index in [1.807, 2.05) is 59.7 Å². The van der Waals surface area contributed by atoms with Gasteiger partial charge in [-0.25, -0.2) is 14.6 Å². The Bertz CT molecular complexity index is 1040. The number of hydrogen-bond acceptors (Lipinski definition) is 5. The number of rotatable bonds is 5. The molecule has 0 spiro atoms. The first kappa shape index (κ1) is 18.5. The molecule has 0 aliphatic carbocycles. The van der Waals surface area contributed by atoms with E-state index in [0.717, 1.165) is 28.4 Å². The summed E-state index contributed by atoms with van der Waals surface area (Å²) in [4.78, 5) is 8.48. The van der Waals surface area contributed by atoms with E-state index in [2.05, 4.69) is 19.6 Å². The van der Waals surface area contributed by atoms with Crippen LogP contribution in [0, 0.1) is 0 Å². The van der Waals surface area contributed by atoms with Crippen LogP contribution >= 0.6 is 12.4 Å². The number of aromatic nitrogens is 5. The summed E-state index contributed by atoms with van der Waals surface area (Å²) < 4.78 is 9.16. The molecule has 0 aliphatic heterocycles. The summed E-state index contributed by atoms with van der Waals surface area (Å²) in [5.74, 6) is 2.11. The first-order chi connectivity index (χ1) is 12.7. The predicted octanol–water partition coefficient (Wildman–Crippen LogP) is 3.19. The lowest BCUT2D eigenvalue weighted by Gasteiger charge is -2.07. The second-order valence-corrected chi connectivity index (χ2v) is 5.84. The lowest BCUT2D eigenvalue weighted by Crippen LogP contribution is -2.01. The molecule has 3 heterocycles. The van der Waals surface area contributed by atoms with Gasteiger partial charge in [0.15, 0.2) is 0 Å². The maximum absolute atomic E-state index is 5.79. The smallest absolute Gasteiger partial charge is 0.140 e. The number of imidazole rings is 1. The zero-order valence-corrected chi connectivity index (χ0v) is 15.5. The number of halogens is 1. The molecule has 0 atom stereocenters. The fourth-order valence-corrected chi connectivity index (χ4v) is 2.82. The Hall–Kier alpha value is -3.32. The zero-order valence-electron chi connectivity index (χ0n) is 14.7. The highest BCUT2D eigenvalue weighted by atomic mass is 35.5. The van der Waals surface area contributed by atoms with Crippen LogP contribution in [-0.4, -0.2) is 31.4 Å². The van der Waals surface area contributed by atoms with Gasteiger partial charge < -0.3 is 15.0 Å². The van der Waals surface area contributed by atoms with E-state index >= 15 is 0 Å². The summed E-state index contributed by atoms with van der Waals surface area (Å²) in [7, 11) is 1.65. The third kappa shape index (κ3) is 3.93. The molecular formula is C19H19ClN6O. The second kappa shape index (κ2) is 7.92. The average molecular weight is 383 g/mol. The average Bonchev–Trinajstić information content (AvgIpc) is 3.32. The molecule has 0 fully saturated rings. The highest BCUT2D eigenvalue weighted by Crippen LogP contribution is 2.20. The minimum absolute atomic E-state index is 0. The lowest BCUT2D eigenvalue weighted by molar-refractivity contribution is 0.414. The van der Waals surface area contributed by atoms with Gasteiger partial charge in [0.2, 0.25) is 0 Å². The SMILES string of the molecule is COc1cccc(-n2cc(Cn3ccnc3-c3ccnc(N)c3)cn2)c1.Cl. The Labute approximate surface area is 162 Å². The van der Waals surface area contributed by atoms with Gasteiger partial charge in [-0.1, -0.05) is 6.07 Å². The number of hydrogen-bond donors (Lipinski definition) is 1. The maximum atomic E-state index is 5.79. The van der Waals surface area contributed by atoms with Crippen molar-refractivity contribution in [2.75, 3.05) is 12.8 Å². The number of benzene rings is 1. The molecule has 0 unspecified atom stereocenters. The van der Waals surface area contributed by atoms with Crippen LogP contribution in [0.4, 0.5) is 5.82 Å². The summed E-state index contributed by atoms with van der Waals surface area (Å²) in [6.07, 6.45) is 9.25. The molecule has 0 amide bonds. The van der Waals surface area contributed by atoms with E-state index in [1.54, 1.807) is 19.5 Å². The third-order valence-corrected chi connectivity index (χ3v) is 4.06. The largest absolute Gasteiger partial charge is 0.497 e. The van der Waals surface area contributed by atoms with Gasteiger partial charge >= 0.3 is 0 Å². The van der Waals surface area contributed by atoms with E-state index < -0.39 is 0 Å². The molecule has 138 valence electrons.